The van der Waals surface area contributed by atoms with E-state index in [9.17, 15) is 10.1 Å². The Balaban J connectivity index is 1.57. The molecule has 0 N–H and O–H groups in total. The summed E-state index contributed by atoms with van der Waals surface area (Å²) in [5, 5.41) is 17.5. The van der Waals surface area contributed by atoms with E-state index < -0.39 is 4.92 Å². The van der Waals surface area contributed by atoms with Crippen LogP contribution in [0, 0.1) is 15.5 Å². The van der Waals surface area contributed by atoms with Crippen molar-refractivity contribution in [2.75, 3.05) is 13.2 Å². The van der Waals surface area contributed by atoms with E-state index in [0.717, 1.165) is 12.8 Å². The van der Waals surface area contributed by atoms with Gasteiger partial charge >= 0.3 is 5.82 Å². The lowest BCUT2D eigenvalue weighted by molar-refractivity contribution is -0.389. The Hall–Kier alpha value is -1.54. The van der Waals surface area contributed by atoms with E-state index in [1.807, 2.05) is 0 Å². The van der Waals surface area contributed by atoms with E-state index in [2.05, 4.69) is 10.3 Å². The van der Waals surface area contributed by atoms with Gasteiger partial charge in [0.25, 0.3) is 0 Å². The highest BCUT2D eigenvalue weighted by atomic mass is 16.7. The van der Waals surface area contributed by atoms with Crippen LogP contribution in [-0.2, 0) is 16.0 Å². The Morgan fingerprint density at radius 3 is 2.76 bits per heavy atom. The van der Waals surface area contributed by atoms with Crippen LogP contribution in [0.1, 0.15) is 12.8 Å². The molecule has 1 aliphatic heterocycles. The van der Waals surface area contributed by atoms with Gasteiger partial charge in [-0.15, -0.1) is 0 Å². The van der Waals surface area contributed by atoms with Crippen LogP contribution in [0.5, 0.6) is 0 Å². The molecule has 0 bridgehead atoms. The van der Waals surface area contributed by atoms with E-state index in [1.54, 1.807) is 0 Å². The Morgan fingerprint density at radius 1 is 1.53 bits per heavy atom. The molecule has 1 saturated carbocycles. The first-order valence-corrected chi connectivity index (χ1v) is 5.45. The molecular formula is C9H12N4O4. The Bertz CT molecular complexity index is 432. The maximum absolute atomic E-state index is 10.4. The van der Waals surface area contributed by atoms with Crippen molar-refractivity contribution >= 4 is 5.82 Å². The zero-order valence-corrected chi connectivity index (χ0v) is 9.11. The molecule has 1 spiro atoms. The van der Waals surface area contributed by atoms with Crippen LogP contribution < -0.4 is 0 Å². The molecule has 2 aliphatic rings. The van der Waals surface area contributed by atoms with E-state index in [-0.39, 0.29) is 17.5 Å². The standard InChI is InChI=1S/C9H12N4O4/c14-13(15)7-3-12(11-10-7)4-8-16-5-9(1-2-9)6-17-8/h3,8H,1-2,4-6H2. The maximum Gasteiger partial charge on any atom is 0.410 e. The van der Waals surface area contributed by atoms with Crippen molar-refractivity contribution in [2.24, 2.45) is 5.41 Å². The van der Waals surface area contributed by atoms with Gasteiger partial charge in [-0.05, 0) is 17.8 Å². The minimum atomic E-state index is -0.578. The third kappa shape index (κ3) is 2.13. The predicted molar refractivity (Wildman–Crippen MR) is 54.0 cm³/mol. The lowest BCUT2D eigenvalue weighted by Gasteiger charge is -2.28. The summed E-state index contributed by atoms with van der Waals surface area (Å²) in [6, 6.07) is 0. The van der Waals surface area contributed by atoms with Crippen LogP contribution in [-0.4, -0.2) is 39.4 Å². The molecule has 8 nitrogen and oxygen atoms in total. The second kappa shape index (κ2) is 3.74. The zero-order chi connectivity index (χ0) is 11.9. The van der Waals surface area contributed by atoms with Crippen molar-refractivity contribution in [3.05, 3.63) is 16.3 Å². The molecule has 2 heterocycles. The van der Waals surface area contributed by atoms with Crippen molar-refractivity contribution in [1.82, 2.24) is 15.0 Å². The summed E-state index contributed by atoms with van der Waals surface area (Å²) in [7, 11) is 0. The zero-order valence-electron chi connectivity index (χ0n) is 9.11. The lowest BCUT2D eigenvalue weighted by Crippen LogP contribution is -2.36. The van der Waals surface area contributed by atoms with Gasteiger partial charge in [0.1, 0.15) is 11.3 Å². The number of hydrogen-bond donors (Lipinski definition) is 0. The monoisotopic (exact) mass is 240 g/mol. The lowest BCUT2D eigenvalue weighted by atomic mass is 10.1. The van der Waals surface area contributed by atoms with Gasteiger partial charge in [-0.1, -0.05) is 0 Å². The van der Waals surface area contributed by atoms with Gasteiger partial charge in [0.2, 0.25) is 0 Å². The summed E-state index contributed by atoms with van der Waals surface area (Å²) >= 11 is 0. The number of ether oxygens (including phenoxy) is 2. The summed E-state index contributed by atoms with van der Waals surface area (Å²) in [5.41, 5.74) is 0.255. The molecular weight excluding hydrogens is 228 g/mol. The van der Waals surface area contributed by atoms with Gasteiger partial charge in [0, 0.05) is 5.41 Å². The van der Waals surface area contributed by atoms with Crippen LogP contribution in [0.2, 0.25) is 0 Å². The highest BCUT2D eigenvalue weighted by molar-refractivity contribution is 5.08. The second-order valence-corrected chi connectivity index (χ2v) is 4.61. The average molecular weight is 240 g/mol. The predicted octanol–water partition coefficient (Wildman–Crippen LogP) is 0.339. The highest BCUT2D eigenvalue weighted by Gasteiger charge is 2.47. The molecule has 1 saturated heterocycles. The fourth-order valence-electron chi connectivity index (χ4n) is 1.81. The molecule has 92 valence electrons. The van der Waals surface area contributed by atoms with Crippen LogP contribution in [0.3, 0.4) is 0 Å². The molecule has 8 heteroatoms. The van der Waals surface area contributed by atoms with Gasteiger partial charge in [-0.2, -0.15) is 0 Å². The number of nitrogens with zero attached hydrogens (tertiary/aromatic N) is 4. The quantitative estimate of drug-likeness (QED) is 0.558. The summed E-state index contributed by atoms with van der Waals surface area (Å²) in [6.45, 7) is 1.74. The minimum Gasteiger partial charge on any atom is -0.358 e. The van der Waals surface area contributed by atoms with Gasteiger partial charge in [-0.25, -0.2) is 4.68 Å². The molecule has 17 heavy (non-hydrogen) atoms. The van der Waals surface area contributed by atoms with Crippen molar-refractivity contribution in [3.63, 3.8) is 0 Å². The normalized spacial score (nSPS) is 22.8. The fourth-order valence-corrected chi connectivity index (χ4v) is 1.81. The van der Waals surface area contributed by atoms with E-state index in [0.29, 0.717) is 19.8 Å². The first kappa shape index (κ1) is 10.6. The first-order valence-electron chi connectivity index (χ1n) is 5.45. The number of aromatic nitrogens is 3. The molecule has 0 aromatic carbocycles. The van der Waals surface area contributed by atoms with E-state index >= 15 is 0 Å². The van der Waals surface area contributed by atoms with Crippen molar-refractivity contribution in [3.8, 4) is 0 Å². The molecule has 1 aliphatic carbocycles. The Labute approximate surface area is 96.6 Å². The maximum atomic E-state index is 10.4. The SMILES string of the molecule is O=[N+]([O-])c1cn(CC2OCC3(CC3)CO2)nn1. The number of rotatable bonds is 3. The second-order valence-electron chi connectivity index (χ2n) is 4.61. The molecule has 0 unspecified atom stereocenters. The summed E-state index contributed by atoms with van der Waals surface area (Å²) in [5.74, 6) is -0.264. The van der Waals surface area contributed by atoms with Gasteiger partial charge < -0.3 is 19.6 Å². The van der Waals surface area contributed by atoms with Gasteiger partial charge in [0.15, 0.2) is 6.29 Å². The minimum absolute atomic E-state index is 0.255. The van der Waals surface area contributed by atoms with Crippen molar-refractivity contribution in [1.29, 1.82) is 0 Å². The van der Waals surface area contributed by atoms with Crippen molar-refractivity contribution in [2.45, 2.75) is 25.7 Å². The molecule has 3 rings (SSSR count). The Morgan fingerprint density at radius 2 is 2.24 bits per heavy atom. The van der Waals surface area contributed by atoms with Crippen molar-refractivity contribution < 1.29 is 14.4 Å². The topological polar surface area (TPSA) is 92.3 Å². The summed E-state index contributed by atoms with van der Waals surface area (Å²) in [4.78, 5) is 9.85. The summed E-state index contributed by atoms with van der Waals surface area (Å²) in [6.07, 6.45) is 3.21. The van der Waals surface area contributed by atoms with E-state index in [4.69, 9.17) is 9.47 Å². The average Bonchev–Trinajstić information content (AvgIpc) is 2.89. The van der Waals surface area contributed by atoms with Crippen LogP contribution in [0.15, 0.2) is 6.20 Å². The van der Waals surface area contributed by atoms with Crippen LogP contribution in [0.4, 0.5) is 5.82 Å². The Kier molecular flexibility index (Phi) is 2.33. The van der Waals surface area contributed by atoms with Gasteiger partial charge in [0.05, 0.1) is 25.0 Å². The van der Waals surface area contributed by atoms with E-state index in [1.165, 1.54) is 10.9 Å². The third-order valence-corrected chi connectivity index (χ3v) is 3.16. The molecule has 0 atom stereocenters. The molecule has 1 aromatic heterocycles. The number of nitro groups is 1. The molecule has 0 amide bonds. The van der Waals surface area contributed by atoms with Gasteiger partial charge in [-0.3, -0.25) is 0 Å². The smallest absolute Gasteiger partial charge is 0.358 e. The van der Waals surface area contributed by atoms with Crippen LogP contribution in [0.25, 0.3) is 0 Å². The molecule has 0 radical (unpaired) electrons. The number of hydrogen-bond acceptors (Lipinski definition) is 6. The molecule has 1 aromatic rings. The first-order chi connectivity index (χ1) is 8.17. The fraction of sp³-hybridized carbons (Fsp3) is 0.778. The largest absolute Gasteiger partial charge is 0.410 e. The highest BCUT2D eigenvalue weighted by Crippen LogP contribution is 2.48. The summed E-state index contributed by atoms with van der Waals surface area (Å²) < 4.78 is 12.5. The molecule has 2 fully saturated rings. The van der Waals surface area contributed by atoms with Crippen LogP contribution >= 0.6 is 0 Å². The third-order valence-electron chi connectivity index (χ3n) is 3.16.